The van der Waals surface area contributed by atoms with Crippen molar-refractivity contribution in [3.05, 3.63) is 15.6 Å². The third kappa shape index (κ3) is 2.61. The molecule has 0 aromatic carbocycles. The van der Waals surface area contributed by atoms with Crippen LogP contribution >= 0.6 is 11.3 Å². The normalized spacial score (nSPS) is 25.5. The van der Waals surface area contributed by atoms with E-state index in [0.717, 1.165) is 43.3 Å². The molecule has 0 N–H and O–H groups in total. The standard InChI is InChI=1S/C15H23N3OS/c1-10(2)15-11(3)20-13(16-15)8-14(19)18-7-6-17-5-4-12(18)9-17/h10,12H,4-9H2,1-3H3. The third-order valence-electron chi connectivity index (χ3n) is 4.39. The lowest BCUT2D eigenvalue weighted by Gasteiger charge is -2.34. The summed E-state index contributed by atoms with van der Waals surface area (Å²) in [6.07, 6.45) is 1.62. The average Bonchev–Trinajstić information content (AvgIpc) is 2.94. The second-order valence-electron chi connectivity index (χ2n) is 6.21. The SMILES string of the molecule is Cc1sc(CC(=O)N2CCN3CCC2C3)nc1C(C)C. The molecule has 5 heteroatoms. The molecule has 2 atom stereocenters. The monoisotopic (exact) mass is 293 g/mol. The molecule has 2 fully saturated rings. The molecule has 110 valence electrons. The zero-order valence-electron chi connectivity index (χ0n) is 12.6. The van der Waals surface area contributed by atoms with Gasteiger partial charge in [-0.05, 0) is 19.3 Å². The molecule has 20 heavy (non-hydrogen) atoms. The number of aryl methyl sites for hydroxylation is 1. The molecule has 0 spiro atoms. The summed E-state index contributed by atoms with van der Waals surface area (Å²) in [5, 5.41) is 0.983. The van der Waals surface area contributed by atoms with Gasteiger partial charge in [0.15, 0.2) is 0 Å². The lowest BCUT2D eigenvalue weighted by atomic mass is 10.1. The maximum atomic E-state index is 12.5. The number of amides is 1. The van der Waals surface area contributed by atoms with Crippen LogP contribution in [0.3, 0.4) is 0 Å². The van der Waals surface area contributed by atoms with Gasteiger partial charge in [0, 0.05) is 37.1 Å². The van der Waals surface area contributed by atoms with Crippen molar-refractivity contribution < 1.29 is 4.79 Å². The predicted octanol–water partition coefficient (Wildman–Crippen LogP) is 2.03. The number of nitrogens with zero attached hydrogens (tertiary/aromatic N) is 3. The Kier molecular flexibility index (Phi) is 3.82. The number of carbonyl (C=O) groups is 1. The number of aromatic nitrogens is 1. The molecule has 2 unspecified atom stereocenters. The number of rotatable bonds is 3. The van der Waals surface area contributed by atoms with E-state index in [2.05, 4.69) is 35.6 Å². The Morgan fingerprint density at radius 2 is 2.20 bits per heavy atom. The van der Waals surface area contributed by atoms with Crippen molar-refractivity contribution in [1.82, 2.24) is 14.8 Å². The Bertz CT molecular complexity index is 511. The third-order valence-corrected chi connectivity index (χ3v) is 5.38. The number of hydrogen-bond donors (Lipinski definition) is 0. The number of thiazole rings is 1. The minimum atomic E-state index is 0.264. The van der Waals surface area contributed by atoms with Crippen molar-refractivity contribution in [2.24, 2.45) is 0 Å². The van der Waals surface area contributed by atoms with Crippen LogP contribution in [-0.4, -0.2) is 52.9 Å². The van der Waals surface area contributed by atoms with Gasteiger partial charge in [-0.15, -0.1) is 11.3 Å². The largest absolute Gasteiger partial charge is 0.337 e. The fourth-order valence-electron chi connectivity index (χ4n) is 3.34. The van der Waals surface area contributed by atoms with E-state index in [4.69, 9.17) is 0 Å². The van der Waals surface area contributed by atoms with Gasteiger partial charge in [-0.2, -0.15) is 0 Å². The van der Waals surface area contributed by atoms with E-state index in [-0.39, 0.29) is 5.91 Å². The highest BCUT2D eigenvalue weighted by atomic mass is 32.1. The summed E-state index contributed by atoms with van der Waals surface area (Å²) < 4.78 is 0. The highest BCUT2D eigenvalue weighted by molar-refractivity contribution is 7.11. The Morgan fingerprint density at radius 1 is 1.40 bits per heavy atom. The quantitative estimate of drug-likeness (QED) is 0.855. The van der Waals surface area contributed by atoms with Crippen LogP contribution in [-0.2, 0) is 11.2 Å². The molecule has 2 saturated heterocycles. The van der Waals surface area contributed by atoms with E-state index in [1.165, 1.54) is 4.88 Å². The molecular formula is C15H23N3OS. The van der Waals surface area contributed by atoms with Crippen LogP contribution in [0.4, 0.5) is 0 Å². The van der Waals surface area contributed by atoms with E-state index in [1.807, 2.05) is 0 Å². The molecule has 3 heterocycles. The van der Waals surface area contributed by atoms with Crippen molar-refractivity contribution in [2.45, 2.75) is 45.6 Å². The van der Waals surface area contributed by atoms with Crippen LogP contribution < -0.4 is 0 Å². The van der Waals surface area contributed by atoms with Crippen LogP contribution in [0.5, 0.6) is 0 Å². The highest BCUT2D eigenvalue weighted by Crippen LogP contribution is 2.26. The molecule has 1 aromatic heterocycles. The molecule has 1 amide bonds. The van der Waals surface area contributed by atoms with Crippen LogP contribution in [0, 0.1) is 6.92 Å². The average molecular weight is 293 g/mol. The number of fused-ring (bicyclic) bond motifs is 2. The topological polar surface area (TPSA) is 36.4 Å². The highest BCUT2D eigenvalue weighted by Gasteiger charge is 2.35. The summed E-state index contributed by atoms with van der Waals surface area (Å²) in [6, 6.07) is 0.446. The molecular weight excluding hydrogens is 270 g/mol. The van der Waals surface area contributed by atoms with Gasteiger partial charge in [0.05, 0.1) is 12.1 Å². The summed E-state index contributed by atoms with van der Waals surface area (Å²) in [7, 11) is 0. The van der Waals surface area contributed by atoms with Crippen LogP contribution in [0.2, 0.25) is 0 Å². The van der Waals surface area contributed by atoms with Gasteiger partial charge >= 0.3 is 0 Å². The fraction of sp³-hybridized carbons (Fsp3) is 0.733. The predicted molar refractivity (Wildman–Crippen MR) is 81.2 cm³/mol. The van der Waals surface area contributed by atoms with Gasteiger partial charge in [-0.3, -0.25) is 9.69 Å². The summed E-state index contributed by atoms with van der Waals surface area (Å²) in [4.78, 5) is 23.0. The smallest absolute Gasteiger partial charge is 0.229 e. The first kappa shape index (κ1) is 14.0. The molecule has 1 aromatic rings. The van der Waals surface area contributed by atoms with Gasteiger partial charge in [0.25, 0.3) is 0 Å². The van der Waals surface area contributed by atoms with E-state index in [0.29, 0.717) is 18.4 Å². The molecule has 3 rings (SSSR count). The Morgan fingerprint density at radius 3 is 2.90 bits per heavy atom. The van der Waals surface area contributed by atoms with Crippen LogP contribution in [0.15, 0.2) is 0 Å². The molecule has 2 aliphatic heterocycles. The minimum absolute atomic E-state index is 0.264. The number of carbonyl (C=O) groups excluding carboxylic acids is 1. The molecule has 4 nitrogen and oxygen atoms in total. The molecule has 2 bridgehead atoms. The maximum absolute atomic E-state index is 12.5. The Hall–Kier alpha value is -0.940. The van der Waals surface area contributed by atoms with Gasteiger partial charge in [0.2, 0.25) is 5.91 Å². The number of piperazine rings is 1. The Labute approximate surface area is 124 Å². The van der Waals surface area contributed by atoms with Crippen LogP contribution in [0.1, 0.15) is 41.8 Å². The van der Waals surface area contributed by atoms with E-state index >= 15 is 0 Å². The van der Waals surface area contributed by atoms with Gasteiger partial charge in [-0.25, -0.2) is 4.98 Å². The summed E-state index contributed by atoms with van der Waals surface area (Å²) >= 11 is 1.69. The second kappa shape index (κ2) is 5.45. The molecule has 2 aliphatic rings. The fourth-order valence-corrected chi connectivity index (χ4v) is 4.42. The summed E-state index contributed by atoms with van der Waals surface area (Å²) in [5.41, 5.74) is 1.16. The summed E-state index contributed by atoms with van der Waals surface area (Å²) in [5.74, 6) is 0.703. The Balaban J connectivity index is 1.68. The first-order valence-electron chi connectivity index (χ1n) is 7.52. The van der Waals surface area contributed by atoms with Crippen molar-refractivity contribution >= 4 is 17.2 Å². The maximum Gasteiger partial charge on any atom is 0.229 e. The van der Waals surface area contributed by atoms with E-state index in [1.54, 1.807) is 11.3 Å². The van der Waals surface area contributed by atoms with Gasteiger partial charge in [-0.1, -0.05) is 13.8 Å². The van der Waals surface area contributed by atoms with Crippen molar-refractivity contribution in [3.63, 3.8) is 0 Å². The van der Waals surface area contributed by atoms with Crippen LogP contribution in [0.25, 0.3) is 0 Å². The van der Waals surface area contributed by atoms with E-state index < -0.39 is 0 Å². The molecule has 0 radical (unpaired) electrons. The zero-order valence-corrected chi connectivity index (χ0v) is 13.4. The van der Waals surface area contributed by atoms with Crippen molar-refractivity contribution in [1.29, 1.82) is 0 Å². The number of hydrogen-bond acceptors (Lipinski definition) is 4. The second-order valence-corrected chi connectivity index (χ2v) is 7.50. The minimum Gasteiger partial charge on any atom is -0.337 e. The van der Waals surface area contributed by atoms with E-state index in [9.17, 15) is 4.79 Å². The molecule has 0 saturated carbocycles. The first-order chi connectivity index (χ1) is 9.54. The lowest BCUT2D eigenvalue weighted by Crippen LogP contribution is -2.50. The van der Waals surface area contributed by atoms with Crippen molar-refractivity contribution in [2.75, 3.05) is 26.2 Å². The van der Waals surface area contributed by atoms with Gasteiger partial charge < -0.3 is 4.90 Å². The van der Waals surface area contributed by atoms with Gasteiger partial charge in [0.1, 0.15) is 5.01 Å². The lowest BCUT2D eigenvalue weighted by molar-refractivity contribution is -0.133. The first-order valence-corrected chi connectivity index (χ1v) is 8.34. The van der Waals surface area contributed by atoms with Crippen molar-refractivity contribution in [3.8, 4) is 0 Å². The summed E-state index contributed by atoms with van der Waals surface area (Å²) in [6.45, 7) is 10.6. The zero-order chi connectivity index (χ0) is 14.3. The molecule has 0 aliphatic carbocycles.